The third kappa shape index (κ3) is 6.41. The third-order valence-corrected chi connectivity index (χ3v) is 4.62. The molecule has 6 nitrogen and oxygen atoms in total. The van der Waals surface area contributed by atoms with Gasteiger partial charge in [0.2, 0.25) is 0 Å². The van der Waals surface area contributed by atoms with Crippen LogP contribution in [0.4, 0.5) is 0 Å². The highest BCUT2D eigenvalue weighted by Crippen LogP contribution is 2.30. The molecule has 0 saturated heterocycles. The first-order chi connectivity index (χ1) is 14.0. The van der Waals surface area contributed by atoms with E-state index in [2.05, 4.69) is 5.32 Å². The third-order valence-electron chi connectivity index (χ3n) is 4.04. The molecule has 0 aliphatic carbocycles. The largest absolute Gasteiger partial charge is 0.486 e. The number of nitrogens with one attached hydrogen (secondary N) is 1. The molecule has 0 radical (unpaired) electrons. The van der Waals surface area contributed by atoms with Crippen molar-refractivity contribution in [1.29, 1.82) is 0 Å². The van der Waals surface area contributed by atoms with Crippen molar-refractivity contribution in [2.45, 2.75) is 6.42 Å². The number of carbonyl (C=O) groups is 2. The van der Waals surface area contributed by atoms with Gasteiger partial charge in [-0.1, -0.05) is 29.3 Å². The van der Waals surface area contributed by atoms with Crippen LogP contribution in [0.15, 0.2) is 42.5 Å². The molecule has 152 valence electrons. The number of hydrogen-bond donors (Lipinski definition) is 1. The highest BCUT2D eigenvalue weighted by Gasteiger charge is 2.12. The van der Waals surface area contributed by atoms with Gasteiger partial charge in [-0.15, -0.1) is 0 Å². The summed E-state index contributed by atoms with van der Waals surface area (Å²) in [5.74, 6) is 0.400. The lowest BCUT2D eigenvalue weighted by Crippen LogP contribution is -2.30. The zero-order valence-electron chi connectivity index (χ0n) is 15.5. The molecule has 0 aromatic heterocycles. The van der Waals surface area contributed by atoms with Gasteiger partial charge in [0.15, 0.2) is 18.1 Å². The summed E-state index contributed by atoms with van der Waals surface area (Å²) >= 11 is 11.9. The van der Waals surface area contributed by atoms with E-state index in [1.165, 1.54) is 12.2 Å². The highest BCUT2D eigenvalue weighted by atomic mass is 35.5. The Labute approximate surface area is 178 Å². The number of fused-ring (bicyclic) bond motifs is 1. The summed E-state index contributed by atoms with van der Waals surface area (Å²) in [6.45, 7) is 1.11. The Bertz CT molecular complexity index is 929. The van der Waals surface area contributed by atoms with Crippen LogP contribution in [0.2, 0.25) is 10.0 Å². The van der Waals surface area contributed by atoms with E-state index in [4.69, 9.17) is 37.4 Å². The monoisotopic (exact) mass is 435 g/mol. The molecule has 0 fully saturated rings. The van der Waals surface area contributed by atoms with Crippen molar-refractivity contribution in [3.8, 4) is 11.5 Å². The van der Waals surface area contributed by atoms with Crippen LogP contribution in [0.5, 0.6) is 11.5 Å². The zero-order valence-corrected chi connectivity index (χ0v) is 17.0. The van der Waals surface area contributed by atoms with Crippen LogP contribution in [-0.4, -0.2) is 38.2 Å². The van der Waals surface area contributed by atoms with Crippen molar-refractivity contribution in [1.82, 2.24) is 5.32 Å². The number of carbonyl (C=O) groups excluding carboxylic acids is 2. The molecule has 1 heterocycles. The molecule has 1 amide bonds. The predicted octanol–water partition coefficient (Wildman–Crippen LogP) is 3.68. The Hall–Kier alpha value is -2.70. The lowest BCUT2D eigenvalue weighted by Gasteiger charge is -2.18. The quantitative estimate of drug-likeness (QED) is 0.530. The zero-order chi connectivity index (χ0) is 20.6. The van der Waals surface area contributed by atoms with Crippen molar-refractivity contribution >= 4 is 41.2 Å². The molecule has 1 N–H and O–H groups in total. The van der Waals surface area contributed by atoms with Gasteiger partial charge >= 0.3 is 5.97 Å². The van der Waals surface area contributed by atoms with Crippen molar-refractivity contribution in [2.75, 3.05) is 26.4 Å². The minimum absolute atomic E-state index is 0.367. The molecule has 1 aliphatic heterocycles. The van der Waals surface area contributed by atoms with Gasteiger partial charge in [0.1, 0.15) is 13.2 Å². The molecule has 0 saturated carbocycles. The van der Waals surface area contributed by atoms with Gasteiger partial charge in [0, 0.05) is 22.7 Å². The van der Waals surface area contributed by atoms with E-state index < -0.39 is 5.97 Å². The van der Waals surface area contributed by atoms with Gasteiger partial charge in [-0.3, -0.25) is 4.79 Å². The summed E-state index contributed by atoms with van der Waals surface area (Å²) in [5.41, 5.74) is 1.59. The smallest absolute Gasteiger partial charge is 0.331 e. The van der Waals surface area contributed by atoms with Crippen LogP contribution in [0, 0.1) is 0 Å². The summed E-state index contributed by atoms with van der Waals surface area (Å²) < 4.78 is 15.9. The molecule has 0 atom stereocenters. The van der Waals surface area contributed by atoms with Crippen molar-refractivity contribution in [3.05, 3.63) is 63.6 Å². The molecule has 2 aromatic carbocycles. The van der Waals surface area contributed by atoms with Gasteiger partial charge in [-0.25, -0.2) is 4.79 Å². The molecule has 0 unspecified atom stereocenters. The fourth-order valence-electron chi connectivity index (χ4n) is 2.63. The van der Waals surface area contributed by atoms with Crippen LogP contribution >= 0.6 is 23.2 Å². The summed E-state index contributed by atoms with van der Waals surface area (Å²) in [6.07, 6.45) is 3.29. The molecule has 0 bridgehead atoms. The maximum Gasteiger partial charge on any atom is 0.331 e. The van der Waals surface area contributed by atoms with E-state index in [1.54, 1.807) is 18.2 Å². The van der Waals surface area contributed by atoms with Gasteiger partial charge in [-0.05, 0) is 54.0 Å². The Kier molecular flexibility index (Phi) is 7.38. The Morgan fingerprint density at radius 2 is 1.86 bits per heavy atom. The van der Waals surface area contributed by atoms with Crippen LogP contribution in [0.1, 0.15) is 11.1 Å². The minimum atomic E-state index is -0.650. The number of amides is 1. The molecular formula is C21H19Cl2NO5. The molecule has 0 spiro atoms. The summed E-state index contributed by atoms with van der Waals surface area (Å²) in [4.78, 5) is 23.6. The second kappa shape index (κ2) is 10.2. The van der Waals surface area contributed by atoms with Crippen molar-refractivity contribution in [2.24, 2.45) is 0 Å². The van der Waals surface area contributed by atoms with E-state index in [1.807, 2.05) is 18.2 Å². The molecular weight excluding hydrogens is 417 g/mol. The lowest BCUT2D eigenvalue weighted by molar-refractivity contribution is -0.143. The normalized spacial score (nSPS) is 12.6. The fourth-order valence-corrected chi connectivity index (χ4v) is 2.99. The Morgan fingerprint density at radius 1 is 1.07 bits per heavy atom. The first-order valence-corrected chi connectivity index (χ1v) is 9.72. The lowest BCUT2D eigenvalue weighted by atomic mass is 10.1. The number of rotatable bonds is 7. The van der Waals surface area contributed by atoms with E-state index in [0.717, 1.165) is 11.3 Å². The van der Waals surface area contributed by atoms with Crippen molar-refractivity contribution in [3.63, 3.8) is 0 Å². The van der Waals surface area contributed by atoms with Gasteiger partial charge in [-0.2, -0.15) is 0 Å². The number of benzene rings is 2. The average Bonchev–Trinajstić information content (AvgIpc) is 2.72. The van der Waals surface area contributed by atoms with Gasteiger partial charge in [0.05, 0.1) is 0 Å². The van der Waals surface area contributed by atoms with Crippen molar-refractivity contribution < 1.29 is 23.8 Å². The summed E-state index contributed by atoms with van der Waals surface area (Å²) in [5, 5.41) is 3.66. The van der Waals surface area contributed by atoms with E-state index in [-0.39, 0.29) is 12.5 Å². The minimum Gasteiger partial charge on any atom is -0.486 e. The van der Waals surface area contributed by atoms with Gasteiger partial charge < -0.3 is 19.5 Å². The summed E-state index contributed by atoms with van der Waals surface area (Å²) in [7, 11) is 0. The topological polar surface area (TPSA) is 73.9 Å². The highest BCUT2D eigenvalue weighted by molar-refractivity contribution is 6.34. The van der Waals surface area contributed by atoms with E-state index in [9.17, 15) is 9.59 Å². The number of halogens is 2. The SMILES string of the molecule is O=C(COC(=O)C=Cc1cc(Cl)ccc1Cl)NCCc1ccc2c(c1)OCCO2. The summed E-state index contributed by atoms with van der Waals surface area (Å²) in [6, 6.07) is 10.6. The molecule has 8 heteroatoms. The fraction of sp³-hybridized carbons (Fsp3) is 0.238. The number of ether oxygens (including phenoxy) is 3. The first kappa shape index (κ1) is 21.0. The second-order valence-corrected chi connectivity index (χ2v) is 7.03. The Morgan fingerprint density at radius 3 is 2.69 bits per heavy atom. The molecule has 29 heavy (non-hydrogen) atoms. The van der Waals surface area contributed by atoms with E-state index >= 15 is 0 Å². The van der Waals surface area contributed by atoms with Gasteiger partial charge in [0.25, 0.3) is 5.91 Å². The maximum absolute atomic E-state index is 11.8. The number of hydrogen-bond acceptors (Lipinski definition) is 5. The predicted molar refractivity (Wildman–Crippen MR) is 111 cm³/mol. The standard InChI is InChI=1S/C21H19Cl2NO5/c22-16-3-4-17(23)15(12-16)2-6-21(26)29-13-20(25)24-8-7-14-1-5-18-19(11-14)28-10-9-27-18/h1-6,11-12H,7-10,13H2,(H,24,25). The molecule has 3 rings (SSSR count). The second-order valence-electron chi connectivity index (χ2n) is 6.18. The molecule has 1 aliphatic rings. The van der Waals surface area contributed by atoms with E-state index in [0.29, 0.717) is 47.5 Å². The van der Waals surface area contributed by atoms with Crippen LogP contribution in [-0.2, 0) is 20.7 Å². The first-order valence-electron chi connectivity index (χ1n) is 8.96. The number of esters is 1. The molecule has 2 aromatic rings. The maximum atomic E-state index is 11.8. The average molecular weight is 436 g/mol. The van der Waals surface area contributed by atoms with Crippen LogP contribution in [0.3, 0.4) is 0 Å². The van der Waals surface area contributed by atoms with Crippen LogP contribution in [0.25, 0.3) is 6.08 Å². The Balaban J connectivity index is 1.39. The van der Waals surface area contributed by atoms with Crippen LogP contribution < -0.4 is 14.8 Å².